The summed E-state index contributed by atoms with van der Waals surface area (Å²) in [6, 6.07) is 15.7. The summed E-state index contributed by atoms with van der Waals surface area (Å²) < 4.78 is 0. The van der Waals surface area contributed by atoms with Gasteiger partial charge in [-0.05, 0) is 55.1 Å². The Labute approximate surface area is 210 Å². The first kappa shape index (κ1) is 23.6. The van der Waals surface area contributed by atoms with E-state index in [0.717, 1.165) is 64.8 Å². The van der Waals surface area contributed by atoms with E-state index in [1.165, 1.54) is 0 Å². The van der Waals surface area contributed by atoms with Crippen molar-refractivity contribution in [2.24, 2.45) is 0 Å². The lowest BCUT2D eigenvalue weighted by atomic mass is 9.74. The zero-order valence-corrected chi connectivity index (χ0v) is 20.5. The van der Waals surface area contributed by atoms with Crippen LogP contribution in [0, 0.1) is 11.3 Å². The van der Waals surface area contributed by atoms with Gasteiger partial charge in [-0.1, -0.05) is 38.1 Å². The molecule has 1 N–H and O–H groups in total. The Morgan fingerprint density at radius 3 is 2.58 bits per heavy atom. The zero-order chi connectivity index (χ0) is 25.1. The van der Waals surface area contributed by atoms with Crippen molar-refractivity contribution in [1.29, 1.82) is 5.26 Å². The van der Waals surface area contributed by atoms with E-state index >= 15 is 0 Å². The predicted octanol–water partition coefficient (Wildman–Crippen LogP) is 4.76. The summed E-state index contributed by atoms with van der Waals surface area (Å²) in [5.41, 5.74) is 4.38. The van der Waals surface area contributed by atoms with Crippen molar-refractivity contribution in [2.75, 3.05) is 18.0 Å². The number of nitriles is 1. The van der Waals surface area contributed by atoms with Crippen molar-refractivity contribution >= 4 is 22.4 Å². The van der Waals surface area contributed by atoms with Crippen LogP contribution in [-0.2, 0) is 16.8 Å². The van der Waals surface area contributed by atoms with Crippen LogP contribution in [0.1, 0.15) is 43.6 Å². The first-order valence-corrected chi connectivity index (χ1v) is 12.4. The van der Waals surface area contributed by atoms with Gasteiger partial charge < -0.3 is 10.2 Å². The van der Waals surface area contributed by atoms with Gasteiger partial charge >= 0.3 is 0 Å². The lowest BCUT2D eigenvalue weighted by Crippen LogP contribution is -2.47. The quantitative estimate of drug-likeness (QED) is 0.458. The molecule has 2 aliphatic rings. The van der Waals surface area contributed by atoms with Crippen molar-refractivity contribution < 1.29 is 4.79 Å². The number of fused-ring (bicyclic) bond motifs is 3. The van der Waals surface area contributed by atoms with Gasteiger partial charge in [0.1, 0.15) is 11.8 Å². The van der Waals surface area contributed by atoms with Crippen molar-refractivity contribution in [2.45, 2.75) is 38.6 Å². The summed E-state index contributed by atoms with van der Waals surface area (Å²) >= 11 is 0. The molecule has 5 heterocycles. The molecule has 1 saturated heterocycles. The Bertz CT molecular complexity index is 1450. The van der Waals surface area contributed by atoms with E-state index in [0.29, 0.717) is 12.2 Å². The van der Waals surface area contributed by atoms with Crippen LogP contribution < -0.4 is 10.2 Å². The van der Waals surface area contributed by atoms with Gasteiger partial charge in [0.2, 0.25) is 5.91 Å². The predicted molar refractivity (Wildman–Crippen MR) is 140 cm³/mol. The Kier molecular flexibility index (Phi) is 6.45. The molecule has 1 amide bonds. The maximum atomic E-state index is 13.9. The molecule has 0 unspecified atom stereocenters. The minimum atomic E-state index is -0.503. The second kappa shape index (κ2) is 9.84. The number of rotatable bonds is 3. The second-order valence-electron chi connectivity index (χ2n) is 8.83. The van der Waals surface area contributed by atoms with Crippen molar-refractivity contribution in [3.63, 3.8) is 0 Å². The summed E-state index contributed by atoms with van der Waals surface area (Å²) in [7, 11) is 0. The number of amides is 1. The molecule has 1 aromatic carbocycles. The van der Waals surface area contributed by atoms with Crippen LogP contribution in [0.2, 0.25) is 0 Å². The first-order chi connectivity index (χ1) is 17.7. The molecule has 180 valence electrons. The highest BCUT2D eigenvalue weighted by atomic mass is 16.2. The molecular weight excluding hydrogens is 448 g/mol. The van der Waals surface area contributed by atoms with Gasteiger partial charge in [-0.3, -0.25) is 14.8 Å². The van der Waals surface area contributed by atoms with Crippen LogP contribution >= 0.6 is 0 Å². The molecule has 0 bridgehead atoms. The number of carbonyl (C=O) groups excluding carboxylic acids is 1. The Hall–Kier alpha value is -4.15. The van der Waals surface area contributed by atoms with Gasteiger partial charge in [-0.25, -0.2) is 4.98 Å². The number of hydrogen-bond acceptors (Lipinski definition) is 6. The maximum absolute atomic E-state index is 13.9. The number of nitrogens with one attached hydrogen (secondary N) is 1. The summed E-state index contributed by atoms with van der Waals surface area (Å²) in [6.07, 6.45) is 8.70. The third-order valence-electron chi connectivity index (χ3n) is 7.07. The average molecular weight is 477 g/mol. The van der Waals surface area contributed by atoms with Gasteiger partial charge in [0, 0.05) is 35.1 Å². The molecule has 1 spiro atoms. The highest BCUT2D eigenvalue weighted by Crippen LogP contribution is 2.47. The molecule has 0 saturated carbocycles. The van der Waals surface area contributed by atoms with Crippen LogP contribution in [0.3, 0.4) is 0 Å². The fraction of sp³-hybridized carbons (Fsp3) is 0.276. The summed E-state index contributed by atoms with van der Waals surface area (Å²) in [6.45, 7) is 5.97. The van der Waals surface area contributed by atoms with E-state index in [9.17, 15) is 10.1 Å². The lowest BCUT2D eigenvalue weighted by molar-refractivity contribution is -0.124. The number of nitrogens with zero attached hydrogens (tertiary/aromatic N) is 5. The smallest absolute Gasteiger partial charge is 0.238 e. The van der Waals surface area contributed by atoms with Gasteiger partial charge in [-0.2, -0.15) is 5.26 Å². The third kappa shape index (κ3) is 3.80. The number of aromatic nitrogens is 3. The highest BCUT2D eigenvalue weighted by Gasteiger charge is 2.51. The highest BCUT2D eigenvalue weighted by molar-refractivity contribution is 6.08. The average Bonchev–Trinajstić information content (AvgIpc) is 3.17. The summed E-state index contributed by atoms with van der Waals surface area (Å²) in [5.74, 6) is 0.121. The SMILES string of the molecule is CC.N#Cc1ccc(-c2c(CN3C(=O)C4(CCNCC4)c4ccncc43)ncc3ccccc23)cn1. The molecule has 1 fully saturated rings. The van der Waals surface area contributed by atoms with Crippen molar-refractivity contribution in [3.05, 3.63) is 84.2 Å². The molecule has 7 nitrogen and oxygen atoms in total. The second-order valence-corrected chi connectivity index (χ2v) is 8.83. The minimum absolute atomic E-state index is 0.121. The normalized spacial score (nSPS) is 15.8. The largest absolute Gasteiger partial charge is 0.317 e. The molecule has 6 rings (SSSR count). The maximum Gasteiger partial charge on any atom is 0.238 e. The van der Waals surface area contributed by atoms with Crippen LogP contribution in [0.4, 0.5) is 5.69 Å². The van der Waals surface area contributed by atoms with E-state index in [1.807, 2.05) is 55.3 Å². The molecule has 0 aliphatic carbocycles. The zero-order valence-electron chi connectivity index (χ0n) is 20.5. The number of anilines is 1. The topological polar surface area (TPSA) is 94.8 Å². The van der Waals surface area contributed by atoms with E-state index < -0.39 is 5.41 Å². The van der Waals surface area contributed by atoms with Gasteiger partial charge in [0.25, 0.3) is 0 Å². The third-order valence-corrected chi connectivity index (χ3v) is 7.07. The fourth-order valence-electron chi connectivity index (χ4n) is 5.39. The monoisotopic (exact) mass is 476 g/mol. The molecule has 36 heavy (non-hydrogen) atoms. The molecular formula is C29H28N6O. The Morgan fingerprint density at radius 1 is 1.03 bits per heavy atom. The number of benzene rings is 1. The first-order valence-electron chi connectivity index (χ1n) is 12.4. The van der Waals surface area contributed by atoms with Crippen LogP contribution in [0.25, 0.3) is 21.9 Å². The number of pyridine rings is 3. The van der Waals surface area contributed by atoms with Crippen LogP contribution in [0.5, 0.6) is 0 Å². The fourth-order valence-corrected chi connectivity index (χ4v) is 5.39. The summed E-state index contributed by atoms with van der Waals surface area (Å²) in [4.78, 5) is 29.2. The minimum Gasteiger partial charge on any atom is -0.317 e. The molecule has 4 aromatic rings. The van der Waals surface area contributed by atoms with E-state index in [2.05, 4.69) is 27.4 Å². The van der Waals surface area contributed by atoms with Crippen molar-refractivity contribution in [3.8, 4) is 17.2 Å². The van der Waals surface area contributed by atoms with Crippen molar-refractivity contribution in [1.82, 2.24) is 20.3 Å². The Balaban J connectivity index is 0.00000130. The van der Waals surface area contributed by atoms with Gasteiger partial charge in [-0.15, -0.1) is 0 Å². The molecule has 3 aromatic heterocycles. The number of carbonyl (C=O) groups is 1. The summed E-state index contributed by atoms with van der Waals surface area (Å²) in [5, 5.41) is 14.6. The van der Waals surface area contributed by atoms with E-state index in [1.54, 1.807) is 24.7 Å². The van der Waals surface area contributed by atoms with Gasteiger partial charge in [0.05, 0.1) is 29.5 Å². The van der Waals surface area contributed by atoms with E-state index in [4.69, 9.17) is 4.98 Å². The number of hydrogen-bond donors (Lipinski definition) is 1. The number of piperidine rings is 1. The standard InChI is InChI=1S/C27H22N6O.C2H6/c28-13-20-6-5-19(15-31-20)25-21-4-2-1-3-18(21)14-32-23(25)17-33-24-16-30-10-7-22(24)27(26(33)34)8-11-29-12-9-27;1-2/h1-7,10,14-16,29H,8-9,11-12,17H2;1-2H3. The van der Waals surface area contributed by atoms with Crippen LogP contribution in [0.15, 0.2) is 67.3 Å². The van der Waals surface area contributed by atoms with Gasteiger partial charge in [0.15, 0.2) is 0 Å². The Morgan fingerprint density at radius 2 is 1.83 bits per heavy atom. The molecule has 0 atom stereocenters. The molecule has 0 radical (unpaired) electrons. The van der Waals surface area contributed by atoms with Crippen LogP contribution in [-0.4, -0.2) is 33.9 Å². The molecule has 2 aliphatic heterocycles. The van der Waals surface area contributed by atoms with E-state index in [-0.39, 0.29) is 5.91 Å². The molecule has 7 heteroatoms. The lowest BCUT2D eigenvalue weighted by Gasteiger charge is -2.33.